The summed E-state index contributed by atoms with van der Waals surface area (Å²) < 4.78 is 8.74. The molecule has 6 nitrogen and oxygen atoms in total. The van der Waals surface area contributed by atoms with E-state index in [1.54, 1.807) is 12.4 Å². The van der Waals surface area contributed by atoms with Crippen molar-refractivity contribution in [3.05, 3.63) is 249 Å². The molecule has 15 rings (SSSR count). The third-order valence-corrected chi connectivity index (χ3v) is 14.7. The van der Waals surface area contributed by atoms with Crippen LogP contribution in [0.25, 0.3) is 149 Å². The maximum absolute atomic E-state index is 6.32. The van der Waals surface area contributed by atoms with Gasteiger partial charge in [0.05, 0.1) is 17.2 Å². The predicted octanol–water partition coefficient (Wildman–Crippen LogP) is 17.7. The summed E-state index contributed by atoms with van der Waals surface area (Å²) in [4.78, 5) is 20.3. The molecule has 0 aliphatic carbocycles. The second-order valence-electron chi connectivity index (χ2n) is 19.0. The molecule has 0 atom stereocenters. The summed E-state index contributed by atoms with van der Waals surface area (Å²) in [6, 6.07) is 84.3. The lowest BCUT2D eigenvalue weighted by molar-refractivity contribution is 0.667. The number of benzene rings is 11. The van der Waals surface area contributed by atoms with Gasteiger partial charge in [-0.05, 0) is 120 Å². The lowest BCUT2D eigenvalue weighted by Crippen LogP contribution is -2.01. The van der Waals surface area contributed by atoms with Crippen LogP contribution in [0.3, 0.4) is 0 Å². The highest BCUT2D eigenvalue weighted by molar-refractivity contribution is 6.24. The number of rotatable bonds is 7. The number of furan rings is 1. The second-order valence-corrected chi connectivity index (χ2v) is 19.0. The van der Waals surface area contributed by atoms with Crippen LogP contribution in [0.1, 0.15) is 0 Å². The van der Waals surface area contributed by atoms with Crippen molar-refractivity contribution < 1.29 is 4.42 Å². The molecule has 0 aliphatic heterocycles. The molecule has 4 heterocycles. The van der Waals surface area contributed by atoms with Crippen LogP contribution in [0.4, 0.5) is 0 Å². The Balaban J connectivity index is 0.881. The van der Waals surface area contributed by atoms with Gasteiger partial charge in [-0.15, -0.1) is 0 Å². The Kier molecular flexibility index (Phi) is 9.47. The van der Waals surface area contributed by atoms with Crippen LogP contribution >= 0.6 is 0 Å². The summed E-state index contributed by atoms with van der Waals surface area (Å²) in [5, 5.41) is 11.5. The van der Waals surface area contributed by atoms with Crippen molar-refractivity contribution in [2.75, 3.05) is 0 Å². The number of para-hydroxylation sites is 1. The molecule has 0 amide bonds. The van der Waals surface area contributed by atoms with E-state index in [0.29, 0.717) is 23.1 Å². The van der Waals surface area contributed by atoms with Gasteiger partial charge in [-0.1, -0.05) is 182 Å². The Labute approximate surface area is 425 Å². The van der Waals surface area contributed by atoms with Crippen molar-refractivity contribution in [3.8, 4) is 73.2 Å². The van der Waals surface area contributed by atoms with Crippen LogP contribution < -0.4 is 0 Å². The van der Waals surface area contributed by atoms with Gasteiger partial charge >= 0.3 is 0 Å². The molecule has 15 aromatic rings. The fourth-order valence-electron chi connectivity index (χ4n) is 11.2. The van der Waals surface area contributed by atoms with Gasteiger partial charge in [-0.25, -0.2) is 15.0 Å². The third-order valence-electron chi connectivity index (χ3n) is 14.7. The Morgan fingerprint density at radius 1 is 0.311 bits per heavy atom. The van der Waals surface area contributed by atoms with Gasteiger partial charge in [0.2, 0.25) is 0 Å². The van der Waals surface area contributed by atoms with Gasteiger partial charge < -0.3 is 8.98 Å². The van der Waals surface area contributed by atoms with Gasteiger partial charge in [0.15, 0.2) is 23.1 Å². The molecular formula is C68H41N5O. The Morgan fingerprint density at radius 2 is 0.919 bits per heavy atom. The van der Waals surface area contributed by atoms with Crippen LogP contribution in [-0.2, 0) is 0 Å². The fraction of sp³-hybridized carbons (Fsp3) is 0. The zero-order valence-electron chi connectivity index (χ0n) is 39.8. The van der Waals surface area contributed by atoms with Crippen LogP contribution in [0.15, 0.2) is 253 Å². The van der Waals surface area contributed by atoms with E-state index in [2.05, 4.69) is 222 Å². The molecule has 0 unspecified atom stereocenters. The number of hydrogen-bond acceptors (Lipinski definition) is 5. The maximum atomic E-state index is 6.32. The maximum Gasteiger partial charge on any atom is 0.164 e. The van der Waals surface area contributed by atoms with Gasteiger partial charge in [-0.2, -0.15) is 0 Å². The Bertz CT molecular complexity index is 4730. The first-order chi connectivity index (χ1) is 36.7. The first-order valence-corrected chi connectivity index (χ1v) is 24.9. The summed E-state index contributed by atoms with van der Waals surface area (Å²) in [6.45, 7) is 0. The zero-order chi connectivity index (χ0) is 48.7. The lowest BCUT2D eigenvalue weighted by Gasteiger charge is -2.14. The molecular weight excluding hydrogens is 903 g/mol. The minimum absolute atomic E-state index is 0.557. The molecule has 0 saturated carbocycles. The molecule has 74 heavy (non-hydrogen) atoms. The van der Waals surface area contributed by atoms with Gasteiger partial charge in [0.25, 0.3) is 0 Å². The summed E-state index contributed by atoms with van der Waals surface area (Å²) in [7, 11) is 0. The van der Waals surface area contributed by atoms with E-state index < -0.39 is 0 Å². The number of hydrogen-bond donors (Lipinski definition) is 0. The highest BCUT2D eigenvalue weighted by atomic mass is 16.3. The van der Waals surface area contributed by atoms with E-state index in [1.165, 1.54) is 54.6 Å². The monoisotopic (exact) mass is 943 g/mol. The molecule has 0 N–H and O–H groups in total. The SMILES string of the molecule is c1ccc(-c2ccc3cc(-c4nc(-c5ccccc5-c5ccc(-n6c7ccccc7c7c8ccccc8c(-c8ccc9ccccc9c8)cc76)cc5)nc(-c5cccc6oc7cnccc7c56)n4)ccc3c2)cc1. The van der Waals surface area contributed by atoms with Crippen molar-refractivity contribution in [3.63, 3.8) is 0 Å². The molecule has 0 radical (unpaired) electrons. The predicted molar refractivity (Wildman–Crippen MR) is 304 cm³/mol. The van der Waals surface area contributed by atoms with Crippen LogP contribution in [0.5, 0.6) is 0 Å². The van der Waals surface area contributed by atoms with Crippen LogP contribution in [0.2, 0.25) is 0 Å². The highest BCUT2D eigenvalue weighted by Gasteiger charge is 2.22. The molecule has 0 fully saturated rings. The Hall–Kier alpha value is -10.0. The molecule has 344 valence electrons. The average Bonchev–Trinajstić information content (AvgIpc) is 4.05. The molecule has 6 heteroatoms. The summed E-state index contributed by atoms with van der Waals surface area (Å²) in [5.74, 6) is 1.71. The smallest absolute Gasteiger partial charge is 0.164 e. The standard InChI is InChI=1S/C68H41N5O/c1-2-13-42(14-3-1)46-26-27-48-39-50(30-28-47(48)37-46)66-70-67(72-68(71-66)58-22-12-24-62-65(58)57-35-36-69-41-63(57)74-62)55-20-9-6-17-52(55)44-31-33-51(34-32-44)73-60-23-11-10-21-56(60)64-54-19-8-7-18-53(54)59(40-61(64)73)49-29-25-43-15-4-5-16-45(43)38-49/h1-41H. The molecule has 0 spiro atoms. The molecule has 4 aromatic heterocycles. The molecule has 0 aliphatic rings. The van der Waals surface area contributed by atoms with Crippen LogP contribution in [0, 0.1) is 0 Å². The van der Waals surface area contributed by atoms with E-state index in [9.17, 15) is 0 Å². The topological polar surface area (TPSA) is 69.6 Å². The quantitative estimate of drug-likeness (QED) is 0.159. The van der Waals surface area contributed by atoms with E-state index in [-0.39, 0.29) is 0 Å². The molecule has 0 bridgehead atoms. The molecule has 11 aromatic carbocycles. The number of fused-ring (bicyclic) bond motifs is 10. The zero-order valence-corrected chi connectivity index (χ0v) is 39.8. The van der Waals surface area contributed by atoms with E-state index in [0.717, 1.165) is 71.7 Å². The molecule has 0 saturated heterocycles. The van der Waals surface area contributed by atoms with Gasteiger partial charge in [0.1, 0.15) is 5.58 Å². The van der Waals surface area contributed by atoms with E-state index in [4.69, 9.17) is 19.4 Å². The Morgan fingerprint density at radius 3 is 1.77 bits per heavy atom. The highest BCUT2D eigenvalue weighted by Crippen LogP contribution is 2.43. The minimum Gasteiger partial charge on any atom is -0.454 e. The van der Waals surface area contributed by atoms with Crippen LogP contribution in [-0.4, -0.2) is 24.5 Å². The van der Waals surface area contributed by atoms with Crippen molar-refractivity contribution in [1.29, 1.82) is 0 Å². The number of aromatic nitrogens is 5. The minimum atomic E-state index is 0.557. The van der Waals surface area contributed by atoms with Crippen molar-refractivity contribution in [2.24, 2.45) is 0 Å². The van der Waals surface area contributed by atoms with E-state index >= 15 is 0 Å². The lowest BCUT2D eigenvalue weighted by atomic mass is 9.93. The summed E-state index contributed by atoms with van der Waals surface area (Å²) in [6.07, 6.45) is 3.56. The van der Waals surface area contributed by atoms with Crippen molar-refractivity contribution in [1.82, 2.24) is 24.5 Å². The summed E-state index contributed by atoms with van der Waals surface area (Å²) >= 11 is 0. The van der Waals surface area contributed by atoms with Gasteiger partial charge in [-0.3, -0.25) is 4.98 Å². The normalized spacial score (nSPS) is 11.8. The second kappa shape index (κ2) is 16.8. The number of nitrogens with zero attached hydrogens (tertiary/aromatic N) is 5. The van der Waals surface area contributed by atoms with Gasteiger partial charge in [0, 0.05) is 50.1 Å². The number of pyridine rings is 1. The fourth-order valence-corrected chi connectivity index (χ4v) is 11.2. The van der Waals surface area contributed by atoms with E-state index in [1.807, 2.05) is 24.3 Å². The van der Waals surface area contributed by atoms with Crippen molar-refractivity contribution in [2.45, 2.75) is 0 Å². The average molecular weight is 944 g/mol. The first-order valence-electron chi connectivity index (χ1n) is 24.9. The largest absolute Gasteiger partial charge is 0.454 e. The first kappa shape index (κ1) is 41.7. The summed E-state index contributed by atoms with van der Waals surface area (Å²) in [5.41, 5.74) is 14.3. The van der Waals surface area contributed by atoms with Crippen molar-refractivity contribution >= 4 is 76.1 Å². The third kappa shape index (κ3) is 6.80.